The molecule has 1 aliphatic rings. The molecule has 1 aromatic rings. The Morgan fingerprint density at radius 3 is 2.88 bits per heavy atom. The van der Waals surface area contributed by atoms with Gasteiger partial charge in [0.05, 0.1) is 18.2 Å². The van der Waals surface area contributed by atoms with Crippen molar-refractivity contribution in [2.24, 2.45) is 5.41 Å². The maximum absolute atomic E-state index is 13.3. The minimum absolute atomic E-state index is 0.0667. The van der Waals surface area contributed by atoms with Crippen LogP contribution in [0.1, 0.15) is 18.4 Å². The molecule has 0 aliphatic carbocycles. The fourth-order valence-electron chi connectivity index (χ4n) is 2.31. The Morgan fingerprint density at radius 1 is 1.47 bits per heavy atom. The van der Waals surface area contributed by atoms with E-state index in [0.29, 0.717) is 13.0 Å². The summed E-state index contributed by atoms with van der Waals surface area (Å²) in [5.41, 5.74) is 0.588. The lowest BCUT2D eigenvalue weighted by molar-refractivity contribution is -0.0379. The Labute approximate surface area is 105 Å². The van der Waals surface area contributed by atoms with Crippen LogP contribution in [-0.4, -0.2) is 24.9 Å². The number of halogens is 2. The first-order chi connectivity index (χ1) is 8.15. The van der Waals surface area contributed by atoms with Gasteiger partial charge in [-0.25, -0.2) is 4.39 Å². The van der Waals surface area contributed by atoms with E-state index in [9.17, 15) is 9.50 Å². The number of benzene rings is 1. The van der Waals surface area contributed by atoms with Gasteiger partial charge in [-0.2, -0.15) is 0 Å². The summed E-state index contributed by atoms with van der Waals surface area (Å²) in [6, 6.07) is 4.80. The molecule has 1 unspecified atom stereocenters. The third-order valence-electron chi connectivity index (χ3n) is 3.30. The number of ether oxygens (including phenoxy) is 1. The van der Waals surface area contributed by atoms with Gasteiger partial charge in [0, 0.05) is 12.0 Å². The van der Waals surface area contributed by atoms with Crippen molar-refractivity contribution in [2.45, 2.75) is 19.3 Å². The molecule has 1 atom stereocenters. The van der Waals surface area contributed by atoms with Gasteiger partial charge in [-0.15, -0.1) is 0 Å². The number of aliphatic hydroxyl groups is 1. The highest BCUT2D eigenvalue weighted by atomic mass is 35.5. The molecule has 17 heavy (non-hydrogen) atoms. The van der Waals surface area contributed by atoms with Gasteiger partial charge < -0.3 is 9.84 Å². The molecule has 1 fully saturated rings. The maximum atomic E-state index is 13.3. The molecule has 0 bridgehead atoms. The van der Waals surface area contributed by atoms with Crippen LogP contribution in [-0.2, 0) is 11.2 Å². The highest BCUT2D eigenvalue weighted by Crippen LogP contribution is 2.32. The quantitative estimate of drug-likeness (QED) is 0.903. The molecule has 1 aromatic carbocycles. The van der Waals surface area contributed by atoms with Crippen molar-refractivity contribution in [3.05, 3.63) is 34.6 Å². The summed E-state index contributed by atoms with van der Waals surface area (Å²) >= 11 is 5.64. The average Bonchev–Trinajstić information content (AvgIpc) is 2.35. The van der Waals surface area contributed by atoms with E-state index in [1.165, 1.54) is 6.07 Å². The highest BCUT2D eigenvalue weighted by molar-refractivity contribution is 6.30. The molecule has 1 N–H and O–H groups in total. The van der Waals surface area contributed by atoms with E-state index in [0.717, 1.165) is 25.0 Å². The van der Waals surface area contributed by atoms with Crippen LogP contribution >= 0.6 is 11.6 Å². The SMILES string of the molecule is OCC1(Cc2ccc(Cl)c(F)c2)CCCOC1. The molecule has 1 saturated heterocycles. The van der Waals surface area contributed by atoms with Gasteiger partial charge in [-0.05, 0) is 37.0 Å². The van der Waals surface area contributed by atoms with Crippen molar-refractivity contribution in [3.63, 3.8) is 0 Å². The van der Waals surface area contributed by atoms with Gasteiger partial charge in [0.25, 0.3) is 0 Å². The van der Waals surface area contributed by atoms with Gasteiger partial charge in [0.1, 0.15) is 5.82 Å². The minimum Gasteiger partial charge on any atom is -0.396 e. The molecular weight excluding hydrogens is 243 g/mol. The predicted octanol–water partition coefficient (Wildman–Crippen LogP) is 2.81. The molecule has 1 aliphatic heterocycles. The lowest BCUT2D eigenvalue weighted by Gasteiger charge is -2.35. The van der Waals surface area contributed by atoms with E-state index in [1.807, 2.05) is 0 Å². The maximum Gasteiger partial charge on any atom is 0.142 e. The predicted molar refractivity (Wildman–Crippen MR) is 64.7 cm³/mol. The normalized spacial score (nSPS) is 24.9. The molecular formula is C13H16ClFO2. The standard InChI is InChI=1S/C13H16ClFO2/c14-11-3-2-10(6-12(11)15)7-13(8-16)4-1-5-17-9-13/h2-3,6,16H,1,4-5,7-9H2. The van der Waals surface area contributed by atoms with Gasteiger partial charge in [0.2, 0.25) is 0 Å². The average molecular weight is 259 g/mol. The van der Waals surface area contributed by atoms with E-state index in [2.05, 4.69) is 0 Å². The fourth-order valence-corrected chi connectivity index (χ4v) is 2.43. The van der Waals surface area contributed by atoms with Gasteiger partial charge in [0.15, 0.2) is 0 Å². The zero-order valence-electron chi connectivity index (χ0n) is 9.59. The van der Waals surface area contributed by atoms with Crippen molar-refractivity contribution in [2.75, 3.05) is 19.8 Å². The summed E-state index contributed by atoms with van der Waals surface area (Å²) in [7, 11) is 0. The van der Waals surface area contributed by atoms with Crippen LogP contribution in [0.4, 0.5) is 4.39 Å². The summed E-state index contributed by atoms with van der Waals surface area (Å²) in [5, 5.41) is 9.66. The van der Waals surface area contributed by atoms with Gasteiger partial charge in [-0.3, -0.25) is 0 Å². The molecule has 0 radical (unpaired) electrons. The lowest BCUT2D eigenvalue weighted by atomic mass is 9.78. The van der Waals surface area contributed by atoms with Crippen molar-refractivity contribution in [1.82, 2.24) is 0 Å². The molecule has 4 heteroatoms. The van der Waals surface area contributed by atoms with E-state index >= 15 is 0 Å². The molecule has 0 aromatic heterocycles. The summed E-state index contributed by atoms with van der Waals surface area (Å²) in [6.07, 6.45) is 2.47. The molecule has 2 nitrogen and oxygen atoms in total. The van der Waals surface area contributed by atoms with E-state index < -0.39 is 5.82 Å². The second-order valence-electron chi connectivity index (χ2n) is 4.74. The van der Waals surface area contributed by atoms with Crippen LogP contribution in [0.3, 0.4) is 0 Å². The second-order valence-corrected chi connectivity index (χ2v) is 5.15. The minimum atomic E-state index is -0.408. The third-order valence-corrected chi connectivity index (χ3v) is 3.61. The Morgan fingerprint density at radius 2 is 2.29 bits per heavy atom. The smallest absolute Gasteiger partial charge is 0.142 e. The Balaban J connectivity index is 2.14. The summed E-state index contributed by atoms with van der Waals surface area (Å²) in [5.74, 6) is -0.408. The molecule has 2 rings (SSSR count). The first kappa shape index (κ1) is 12.8. The fraction of sp³-hybridized carbons (Fsp3) is 0.538. The van der Waals surface area contributed by atoms with Crippen LogP contribution < -0.4 is 0 Å². The van der Waals surface area contributed by atoms with Crippen molar-refractivity contribution < 1.29 is 14.2 Å². The van der Waals surface area contributed by atoms with Gasteiger partial charge in [-0.1, -0.05) is 17.7 Å². The molecule has 0 spiro atoms. The zero-order chi connectivity index (χ0) is 12.3. The number of rotatable bonds is 3. The van der Waals surface area contributed by atoms with Crippen LogP contribution in [0, 0.1) is 11.2 Å². The Bertz CT molecular complexity index is 389. The lowest BCUT2D eigenvalue weighted by Crippen LogP contribution is -2.37. The molecule has 0 saturated carbocycles. The molecule has 1 heterocycles. The third kappa shape index (κ3) is 2.97. The second kappa shape index (κ2) is 5.34. The monoisotopic (exact) mass is 258 g/mol. The van der Waals surface area contributed by atoms with Crippen LogP contribution in [0.2, 0.25) is 5.02 Å². The molecule has 94 valence electrons. The van der Waals surface area contributed by atoms with Crippen molar-refractivity contribution in [3.8, 4) is 0 Å². The van der Waals surface area contributed by atoms with Crippen LogP contribution in [0.5, 0.6) is 0 Å². The van der Waals surface area contributed by atoms with Crippen LogP contribution in [0.15, 0.2) is 18.2 Å². The van der Waals surface area contributed by atoms with E-state index in [4.69, 9.17) is 16.3 Å². The summed E-state index contributed by atoms with van der Waals surface area (Å²) in [6.45, 7) is 1.35. The Hall–Kier alpha value is -0.640. The first-order valence-corrected chi connectivity index (χ1v) is 6.16. The summed E-state index contributed by atoms with van der Waals surface area (Å²) < 4.78 is 18.8. The van der Waals surface area contributed by atoms with E-state index in [1.54, 1.807) is 12.1 Å². The van der Waals surface area contributed by atoms with E-state index in [-0.39, 0.29) is 17.0 Å². The zero-order valence-corrected chi connectivity index (χ0v) is 10.3. The molecule has 0 amide bonds. The Kier molecular flexibility index (Phi) is 4.02. The first-order valence-electron chi connectivity index (χ1n) is 5.78. The number of hydrogen-bond acceptors (Lipinski definition) is 2. The topological polar surface area (TPSA) is 29.5 Å². The van der Waals surface area contributed by atoms with Crippen molar-refractivity contribution >= 4 is 11.6 Å². The number of aliphatic hydroxyl groups excluding tert-OH is 1. The number of hydrogen-bond donors (Lipinski definition) is 1. The highest BCUT2D eigenvalue weighted by Gasteiger charge is 2.32. The van der Waals surface area contributed by atoms with Gasteiger partial charge >= 0.3 is 0 Å². The largest absolute Gasteiger partial charge is 0.396 e. The van der Waals surface area contributed by atoms with Crippen LogP contribution in [0.25, 0.3) is 0 Å². The summed E-state index contributed by atoms with van der Waals surface area (Å²) in [4.78, 5) is 0. The van der Waals surface area contributed by atoms with Crippen molar-refractivity contribution in [1.29, 1.82) is 0 Å².